The molecule has 1 saturated heterocycles. The van der Waals surface area contributed by atoms with Gasteiger partial charge < -0.3 is 4.90 Å². The van der Waals surface area contributed by atoms with Crippen LogP contribution in [0.15, 0.2) is 0 Å². The lowest BCUT2D eigenvalue weighted by Crippen LogP contribution is -2.40. The molecular weight excluding hydrogens is 162 g/mol. The molecule has 1 aliphatic carbocycles. The second-order valence-corrected chi connectivity index (χ2v) is 4.13. The number of hydrogen-bond acceptors (Lipinski definition) is 1. The van der Waals surface area contributed by atoms with Gasteiger partial charge in [0, 0.05) is 12.0 Å². The topological polar surface area (TPSA) is 20.3 Å². The average Bonchev–Trinajstić information content (AvgIpc) is 2.89. The second kappa shape index (κ2) is 3.06. The van der Waals surface area contributed by atoms with E-state index >= 15 is 0 Å². The van der Waals surface area contributed by atoms with Crippen LogP contribution in [0.3, 0.4) is 0 Å². The molecule has 13 heavy (non-hydrogen) atoms. The Bertz CT molecular complexity index is 262. The van der Waals surface area contributed by atoms with Crippen LogP contribution in [0.1, 0.15) is 32.6 Å². The Morgan fingerprint density at radius 1 is 1.38 bits per heavy atom. The zero-order valence-electron chi connectivity index (χ0n) is 7.99. The molecule has 2 atom stereocenters. The molecular formula is C11H15NO. The summed E-state index contributed by atoms with van der Waals surface area (Å²) in [6.45, 7) is 2.09. The van der Waals surface area contributed by atoms with Crippen molar-refractivity contribution in [1.29, 1.82) is 0 Å². The third kappa shape index (κ3) is 1.44. The monoisotopic (exact) mass is 177 g/mol. The molecule has 1 aliphatic heterocycles. The Hall–Kier alpha value is -0.970. The molecule has 0 spiro atoms. The van der Waals surface area contributed by atoms with Crippen molar-refractivity contribution >= 4 is 5.91 Å². The van der Waals surface area contributed by atoms with Crippen molar-refractivity contribution in [3.05, 3.63) is 0 Å². The first-order valence-electron chi connectivity index (χ1n) is 5.02. The van der Waals surface area contributed by atoms with E-state index in [4.69, 9.17) is 6.42 Å². The van der Waals surface area contributed by atoms with Crippen LogP contribution in [0.2, 0.25) is 0 Å². The molecule has 2 heteroatoms. The molecule has 2 fully saturated rings. The van der Waals surface area contributed by atoms with Crippen LogP contribution >= 0.6 is 0 Å². The zero-order chi connectivity index (χ0) is 9.42. The number of nitrogens with zero attached hydrogens (tertiary/aromatic N) is 1. The Morgan fingerprint density at radius 2 is 2.08 bits per heavy atom. The summed E-state index contributed by atoms with van der Waals surface area (Å²) in [5.41, 5.74) is 0. The Morgan fingerprint density at radius 3 is 2.62 bits per heavy atom. The summed E-state index contributed by atoms with van der Waals surface area (Å²) in [6.07, 6.45) is 9.58. The Labute approximate surface area is 79.3 Å². The first-order chi connectivity index (χ1) is 6.24. The minimum absolute atomic E-state index is 0.0723. The number of likely N-dealkylation sites (tertiary alicyclic amines) is 1. The van der Waals surface area contributed by atoms with Crippen molar-refractivity contribution in [3.8, 4) is 12.3 Å². The highest BCUT2D eigenvalue weighted by atomic mass is 16.2. The lowest BCUT2D eigenvalue weighted by molar-refractivity contribution is -0.134. The first-order valence-corrected chi connectivity index (χ1v) is 5.02. The summed E-state index contributed by atoms with van der Waals surface area (Å²) < 4.78 is 0. The zero-order valence-corrected chi connectivity index (χ0v) is 7.99. The lowest BCUT2D eigenvalue weighted by Gasteiger charge is -2.25. The standard InChI is InChI=1S/C11H15NO/c1-3-10-7-4-8(2)12(10)11(13)9-5-6-9/h1,8-10H,4-7H2,2H3. The van der Waals surface area contributed by atoms with Gasteiger partial charge in [-0.25, -0.2) is 0 Å². The fourth-order valence-electron chi connectivity index (χ4n) is 2.06. The number of rotatable bonds is 1. The fraction of sp³-hybridized carbons (Fsp3) is 0.727. The largest absolute Gasteiger partial charge is 0.326 e. The summed E-state index contributed by atoms with van der Waals surface area (Å²) in [5.74, 6) is 3.31. The number of carbonyl (C=O) groups is 1. The summed E-state index contributed by atoms with van der Waals surface area (Å²) in [7, 11) is 0. The maximum atomic E-state index is 11.8. The van der Waals surface area contributed by atoms with E-state index in [-0.39, 0.29) is 6.04 Å². The van der Waals surface area contributed by atoms with Crippen LogP contribution < -0.4 is 0 Å². The molecule has 70 valence electrons. The number of amides is 1. The van der Waals surface area contributed by atoms with Crippen molar-refractivity contribution in [1.82, 2.24) is 4.90 Å². The lowest BCUT2D eigenvalue weighted by atomic mass is 10.2. The number of hydrogen-bond donors (Lipinski definition) is 0. The molecule has 1 heterocycles. The normalized spacial score (nSPS) is 33.1. The van der Waals surface area contributed by atoms with Crippen LogP contribution in [0.5, 0.6) is 0 Å². The van der Waals surface area contributed by atoms with Crippen LogP contribution in [-0.4, -0.2) is 22.9 Å². The van der Waals surface area contributed by atoms with Crippen LogP contribution in [0, 0.1) is 18.3 Å². The predicted octanol–water partition coefficient (Wildman–Crippen LogP) is 1.41. The van der Waals surface area contributed by atoms with Crippen molar-refractivity contribution in [2.45, 2.75) is 44.7 Å². The molecule has 1 saturated carbocycles. The van der Waals surface area contributed by atoms with Gasteiger partial charge in [0.2, 0.25) is 5.91 Å². The molecule has 2 nitrogen and oxygen atoms in total. The maximum absolute atomic E-state index is 11.8. The van der Waals surface area contributed by atoms with Crippen LogP contribution in [0.25, 0.3) is 0 Å². The van der Waals surface area contributed by atoms with Crippen LogP contribution in [-0.2, 0) is 4.79 Å². The molecule has 2 unspecified atom stereocenters. The van der Waals surface area contributed by atoms with Crippen molar-refractivity contribution in [2.75, 3.05) is 0 Å². The van der Waals surface area contributed by atoms with Gasteiger partial charge in [0.15, 0.2) is 0 Å². The molecule has 2 rings (SSSR count). The van der Waals surface area contributed by atoms with E-state index in [1.165, 1.54) is 0 Å². The number of carbonyl (C=O) groups excluding carboxylic acids is 1. The highest BCUT2D eigenvalue weighted by Crippen LogP contribution is 2.35. The van der Waals surface area contributed by atoms with Crippen molar-refractivity contribution in [2.24, 2.45) is 5.92 Å². The van der Waals surface area contributed by atoms with E-state index in [2.05, 4.69) is 12.8 Å². The summed E-state index contributed by atoms with van der Waals surface area (Å²) >= 11 is 0. The van der Waals surface area contributed by atoms with E-state index in [0.717, 1.165) is 25.7 Å². The second-order valence-electron chi connectivity index (χ2n) is 4.13. The Kier molecular flexibility index (Phi) is 2.03. The minimum atomic E-state index is 0.0723. The third-order valence-corrected chi connectivity index (χ3v) is 3.04. The SMILES string of the molecule is C#CC1CCC(C)N1C(=O)C1CC1. The van der Waals surface area contributed by atoms with E-state index in [9.17, 15) is 4.79 Å². The van der Waals surface area contributed by atoms with Gasteiger partial charge in [-0.3, -0.25) is 4.79 Å². The third-order valence-electron chi connectivity index (χ3n) is 3.04. The van der Waals surface area contributed by atoms with Crippen molar-refractivity contribution < 1.29 is 4.79 Å². The highest BCUT2D eigenvalue weighted by molar-refractivity contribution is 5.82. The van der Waals surface area contributed by atoms with Gasteiger partial charge in [-0.05, 0) is 32.6 Å². The molecule has 0 N–H and O–H groups in total. The first kappa shape index (κ1) is 8.62. The highest BCUT2D eigenvalue weighted by Gasteiger charge is 2.40. The van der Waals surface area contributed by atoms with Gasteiger partial charge in [0.25, 0.3) is 0 Å². The molecule has 2 aliphatic rings. The number of terminal acetylenes is 1. The molecule has 1 amide bonds. The van der Waals surface area contributed by atoms with Crippen molar-refractivity contribution in [3.63, 3.8) is 0 Å². The maximum Gasteiger partial charge on any atom is 0.226 e. The summed E-state index contributed by atoms with van der Waals surface area (Å²) in [4.78, 5) is 13.7. The van der Waals surface area contributed by atoms with Gasteiger partial charge in [-0.1, -0.05) is 5.92 Å². The van der Waals surface area contributed by atoms with E-state index < -0.39 is 0 Å². The summed E-state index contributed by atoms with van der Waals surface area (Å²) in [5, 5.41) is 0. The van der Waals surface area contributed by atoms with E-state index in [1.54, 1.807) is 0 Å². The quantitative estimate of drug-likeness (QED) is 0.554. The van der Waals surface area contributed by atoms with Gasteiger partial charge in [-0.15, -0.1) is 6.42 Å². The molecule has 0 aromatic rings. The average molecular weight is 177 g/mol. The molecule has 0 radical (unpaired) electrons. The van der Waals surface area contributed by atoms with Gasteiger partial charge >= 0.3 is 0 Å². The Balaban J connectivity index is 2.09. The molecule has 0 aromatic heterocycles. The van der Waals surface area contributed by atoms with E-state index in [0.29, 0.717) is 17.9 Å². The minimum Gasteiger partial charge on any atom is -0.326 e. The molecule has 0 bridgehead atoms. The fourth-order valence-corrected chi connectivity index (χ4v) is 2.06. The van der Waals surface area contributed by atoms with Crippen LogP contribution in [0.4, 0.5) is 0 Å². The smallest absolute Gasteiger partial charge is 0.226 e. The summed E-state index contributed by atoms with van der Waals surface area (Å²) in [6, 6.07) is 0.428. The van der Waals surface area contributed by atoms with E-state index in [1.807, 2.05) is 4.90 Å². The predicted molar refractivity (Wildman–Crippen MR) is 50.9 cm³/mol. The van der Waals surface area contributed by atoms with Gasteiger partial charge in [0.05, 0.1) is 6.04 Å². The van der Waals surface area contributed by atoms with Gasteiger partial charge in [-0.2, -0.15) is 0 Å². The van der Waals surface area contributed by atoms with Gasteiger partial charge in [0.1, 0.15) is 0 Å². The molecule has 0 aromatic carbocycles.